The highest BCUT2D eigenvalue weighted by molar-refractivity contribution is 6.16. The Labute approximate surface area is 145 Å². The fraction of sp³-hybridized carbons (Fsp3) is 0.0455. The molecule has 2 N–H and O–H groups in total. The molecule has 25 heavy (non-hydrogen) atoms. The van der Waals surface area contributed by atoms with E-state index < -0.39 is 0 Å². The van der Waals surface area contributed by atoms with Gasteiger partial charge in [0.2, 0.25) is 5.78 Å². The van der Waals surface area contributed by atoms with E-state index in [1.807, 2.05) is 54.6 Å². The maximum absolute atomic E-state index is 12.8. The highest BCUT2D eigenvalue weighted by Gasteiger charge is 2.33. The summed E-state index contributed by atoms with van der Waals surface area (Å²) < 4.78 is 0. The van der Waals surface area contributed by atoms with Crippen molar-refractivity contribution in [3.8, 4) is 11.5 Å². The Morgan fingerprint density at radius 2 is 1.28 bits per heavy atom. The van der Waals surface area contributed by atoms with Gasteiger partial charge in [-0.05, 0) is 28.8 Å². The van der Waals surface area contributed by atoms with Crippen LogP contribution in [0.3, 0.4) is 0 Å². The lowest BCUT2D eigenvalue weighted by Crippen LogP contribution is -2.18. The monoisotopic (exact) mass is 328 g/mol. The van der Waals surface area contributed by atoms with Crippen molar-refractivity contribution in [2.45, 2.75) is 5.92 Å². The van der Waals surface area contributed by atoms with E-state index in [2.05, 4.69) is 0 Å². The van der Waals surface area contributed by atoms with Crippen molar-refractivity contribution >= 4 is 11.9 Å². The lowest BCUT2D eigenvalue weighted by Gasteiger charge is -2.26. The molecule has 1 aliphatic rings. The molecule has 0 aliphatic heterocycles. The Balaban J connectivity index is 1.92. The van der Waals surface area contributed by atoms with Gasteiger partial charge < -0.3 is 10.2 Å². The maximum Gasteiger partial charge on any atom is 0.201 e. The lowest BCUT2D eigenvalue weighted by molar-refractivity contribution is 0.102. The van der Waals surface area contributed by atoms with Gasteiger partial charge in [-0.15, -0.1) is 0 Å². The van der Waals surface area contributed by atoms with Crippen LogP contribution >= 0.6 is 0 Å². The Kier molecular flexibility index (Phi) is 3.62. The van der Waals surface area contributed by atoms with Crippen LogP contribution in [0.15, 0.2) is 72.8 Å². The van der Waals surface area contributed by atoms with E-state index in [-0.39, 0.29) is 34.3 Å². The van der Waals surface area contributed by atoms with Crippen molar-refractivity contribution < 1.29 is 15.0 Å². The van der Waals surface area contributed by atoms with Crippen LogP contribution in [0.1, 0.15) is 38.5 Å². The maximum atomic E-state index is 12.8. The van der Waals surface area contributed by atoms with Gasteiger partial charge in [0, 0.05) is 5.92 Å². The zero-order valence-corrected chi connectivity index (χ0v) is 13.4. The molecule has 3 aromatic carbocycles. The van der Waals surface area contributed by atoms with Gasteiger partial charge in [0.25, 0.3) is 0 Å². The van der Waals surface area contributed by atoms with Crippen LogP contribution in [0.4, 0.5) is 0 Å². The predicted octanol–water partition coefficient (Wildman–Crippen LogP) is 4.49. The van der Waals surface area contributed by atoms with Crippen molar-refractivity contribution in [1.29, 1.82) is 0 Å². The largest absolute Gasteiger partial charge is 0.507 e. The standard InChI is InChI=1S/C22H16O3/c23-18-10-4-8-16-15(13-12-14-6-2-1-3-7-14)17-9-5-11-19(24)21(17)22(25)20(16)18/h1-13,15,23-24H/b13-12+. The molecule has 0 unspecified atom stereocenters. The number of allylic oxidation sites excluding steroid dienone is 1. The van der Waals surface area contributed by atoms with Crippen LogP contribution in [0.5, 0.6) is 11.5 Å². The molecule has 0 bridgehead atoms. The van der Waals surface area contributed by atoms with Crippen molar-refractivity contribution in [3.05, 3.63) is 101 Å². The Hall–Kier alpha value is -3.33. The van der Waals surface area contributed by atoms with Gasteiger partial charge in [0.05, 0.1) is 11.1 Å². The third-order valence-electron chi connectivity index (χ3n) is 4.55. The highest BCUT2D eigenvalue weighted by Crippen LogP contribution is 2.43. The third-order valence-corrected chi connectivity index (χ3v) is 4.55. The minimum Gasteiger partial charge on any atom is -0.507 e. The highest BCUT2D eigenvalue weighted by atomic mass is 16.3. The van der Waals surface area contributed by atoms with Crippen LogP contribution in [0.2, 0.25) is 0 Å². The number of hydrogen-bond acceptors (Lipinski definition) is 3. The first-order valence-electron chi connectivity index (χ1n) is 8.08. The Morgan fingerprint density at radius 3 is 1.84 bits per heavy atom. The number of aromatic hydroxyl groups is 2. The van der Waals surface area contributed by atoms with Crippen molar-refractivity contribution in [2.75, 3.05) is 0 Å². The molecule has 0 atom stereocenters. The van der Waals surface area contributed by atoms with Crippen LogP contribution in [0, 0.1) is 0 Å². The zero-order chi connectivity index (χ0) is 17.4. The van der Waals surface area contributed by atoms with Gasteiger partial charge in [-0.25, -0.2) is 0 Å². The average molecular weight is 328 g/mol. The average Bonchev–Trinajstić information content (AvgIpc) is 2.62. The predicted molar refractivity (Wildman–Crippen MR) is 97.0 cm³/mol. The lowest BCUT2D eigenvalue weighted by atomic mass is 9.76. The fourth-order valence-electron chi connectivity index (χ4n) is 3.40. The van der Waals surface area contributed by atoms with Crippen LogP contribution in [-0.2, 0) is 0 Å². The minimum atomic E-state index is -0.342. The first-order valence-corrected chi connectivity index (χ1v) is 8.08. The molecule has 0 spiro atoms. The number of rotatable bonds is 2. The van der Waals surface area contributed by atoms with Crippen LogP contribution in [-0.4, -0.2) is 16.0 Å². The SMILES string of the molecule is O=C1c2c(O)cccc2C(/C=C/c2ccccc2)c2cccc(O)c21. The second kappa shape index (κ2) is 5.95. The zero-order valence-electron chi connectivity index (χ0n) is 13.4. The van der Waals surface area contributed by atoms with Crippen LogP contribution < -0.4 is 0 Å². The second-order valence-corrected chi connectivity index (χ2v) is 6.06. The summed E-state index contributed by atoms with van der Waals surface area (Å²) in [7, 11) is 0. The van der Waals surface area contributed by atoms with Gasteiger partial charge >= 0.3 is 0 Å². The summed E-state index contributed by atoms with van der Waals surface area (Å²) >= 11 is 0. The number of benzene rings is 3. The third kappa shape index (κ3) is 2.50. The molecule has 0 saturated heterocycles. The normalized spacial score (nSPS) is 13.7. The molecular formula is C22H16O3. The van der Waals surface area contributed by atoms with E-state index in [0.29, 0.717) is 0 Å². The molecule has 0 saturated carbocycles. The number of fused-ring (bicyclic) bond motifs is 2. The summed E-state index contributed by atoms with van der Waals surface area (Å²) in [5.41, 5.74) is 3.06. The summed E-state index contributed by atoms with van der Waals surface area (Å²) in [6.07, 6.45) is 3.99. The molecule has 3 aromatic rings. The van der Waals surface area contributed by atoms with Gasteiger partial charge in [-0.1, -0.05) is 66.7 Å². The Bertz CT molecular complexity index is 932. The quantitative estimate of drug-likeness (QED) is 0.729. The number of phenolic OH excluding ortho intramolecular Hbond substituents is 2. The molecule has 0 amide bonds. The van der Waals surface area contributed by atoms with E-state index in [9.17, 15) is 15.0 Å². The van der Waals surface area contributed by atoms with E-state index in [1.54, 1.807) is 12.1 Å². The fourth-order valence-corrected chi connectivity index (χ4v) is 3.40. The molecule has 0 heterocycles. The summed E-state index contributed by atoms with van der Waals surface area (Å²) in [5.74, 6) is -0.684. The number of carbonyl (C=O) groups excluding carboxylic acids is 1. The van der Waals surface area contributed by atoms with Crippen molar-refractivity contribution in [1.82, 2.24) is 0 Å². The number of hydrogen-bond donors (Lipinski definition) is 2. The summed E-state index contributed by atoms with van der Waals surface area (Å²) in [6.45, 7) is 0. The van der Waals surface area contributed by atoms with Gasteiger partial charge in [-0.3, -0.25) is 4.79 Å². The van der Waals surface area contributed by atoms with E-state index in [1.165, 1.54) is 12.1 Å². The van der Waals surface area contributed by atoms with E-state index >= 15 is 0 Å². The summed E-state index contributed by atoms with van der Waals surface area (Å²) in [4.78, 5) is 12.8. The van der Waals surface area contributed by atoms with E-state index in [0.717, 1.165) is 16.7 Å². The second-order valence-electron chi connectivity index (χ2n) is 6.06. The Morgan fingerprint density at radius 1 is 0.720 bits per heavy atom. The smallest absolute Gasteiger partial charge is 0.201 e. The molecule has 0 fully saturated rings. The number of carbonyl (C=O) groups is 1. The van der Waals surface area contributed by atoms with E-state index in [4.69, 9.17) is 0 Å². The van der Waals surface area contributed by atoms with Crippen molar-refractivity contribution in [3.63, 3.8) is 0 Å². The topological polar surface area (TPSA) is 57.5 Å². The first kappa shape index (κ1) is 15.2. The molecule has 122 valence electrons. The van der Waals surface area contributed by atoms with Gasteiger partial charge in [0.15, 0.2) is 0 Å². The molecule has 0 radical (unpaired) electrons. The van der Waals surface area contributed by atoms with Gasteiger partial charge in [0.1, 0.15) is 11.5 Å². The summed E-state index contributed by atoms with van der Waals surface area (Å²) in [6, 6.07) is 20.0. The molecule has 0 aromatic heterocycles. The molecule has 4 rings (SSSR count). The molecule has 3 heteroatoms. The molecule has 3 nitrogen and oxygen atoms in total. The molecular weight excluding hydrogens is 312 g/mol. The first-order chi connectivity index (χ1) is 12.2. The number of phenols is 2. The molecule has 1 aliphatic carbocycles. The van der Waals surface area contributed by atoms with Crippen LogP contribution in [0.25, 0.3) is 6.08 Å². The van der Waals surface area contributed by atoms with Crippen molar-refractivity contribution in [2.24, 2.45) is 0 Å². The van der Waals surface area contributed by atoms with Gasteiger partial charge in [-0.2, -0.15) is 0 Å². The number of ketones is 1. The summed E-state index contributed by atoms with van der Waals surface area (Å²) in [5, 5.41) is 20.4. The minimum absolute atomic E-state index is 0.0606.